The van der Waals surface area contributed by atoms with Gasteiger partial charge in [0, 0.05) is 42.7 Å². The summed E-state index contributed by atoms with van der Waals surface area (Å²) < 4.78 is 10.7. The number of β-lactam (4-membered cyclic amide) rings is 1. The molecule has 0 aromatic carbocycles. The number of nitrogens with one attached hydrogen (secondary N) is 2. The van der Waals surface area contributed by atoms with E-state index in [0.717, 1.165) is 37.2 Å². The van der Waals surface area contributed by atoms with Gasteiger partial charge in [0.25, 0.3) is 5.91 Å². The number of nitrogens with two attached hydrogens (primary N) is 1. The lowest BCUT2D eigenvalue weighted by molar-refractivity contribution is -0.157. The molecule has 0 bridgehead atoms. The molecule has 2 aliphatic heterocycles. The molecule has 20 nitrogen and oxygen atoms in total. The number of alkyl carbamates (subject to hydrolysis) is 1. The van der Waals surface area contributed by atoms with Gasteiger partial charge in [-0.05, 0) is 44.0 Å². The lowest BCUT2D eigenvalue weighted by Crippen LogP contribution is -2.74. The van der Waals surface area contributed by atoms with Crippen LogP contribution in [-0.2, 0) is 35.3 Å². The smallest absolute Gasteiger partial charge is 0.407 e. The number of aliphatic carboxylic acids is 2. The molecule has 49 heavy (non-hydrogen) atoms. The molecule has 2 aromatic rings. The van der Waals surface area contributed by atoms with Crippen molar-refractivity contribution in [2.24, 2.45) is 10.6 Å². The topological polar surface area (TPSA) is 279 Å². The Kier molecular flexibility index (Phi) is 12.6. The molecule has 23 heteroatoms. The molecule has 3 amide bonds. The zero-order valence-corrected chi connectivity index (χ0v) is 29.3. The molecule has 3 atom stereocenters. The SMILES string of the molecule is CC(C)(C)OC(=O)NCCCCCCn1nnnc1SCC1(C(=O)O)CS[C@@H]2C(NC(=O)C(=NOCC(=O)O)c3nsc(N)n3)C(=O)N2C1. The van der Waals surface area contributed by atoms with Gasteiger partial charge in [-0.2, -0.15) is 9.36 Å². The maximum absolute atomic E-state index is 13.1. The van der Waals surface area contributed by atoms with E-state index in [9.17, 15) is 29.1 Å². The molecular weight excluding hydrogens is 707 g/mol. The monoisotopic (exact) mass is 743 g/mol. The molecule has 0 aliphatic carbocycles. The first kappa shape index (κ1) is 37.6. The van der Waals surface area contributed by atoms with Crippen LogP contribution in [0.3, 0.4) is 0 Å². The number of aromatic nitrogens is 6. The molecule has 0 radical (unpaired) electrons. The standard InChI is InChI=1S/C26H37N11O9S3/c1-25(2,3)46-24(44)28-8-6-4-5-7-9-37-23(31-34-35-37)48-13-26(21(42)43)11-36-19(41)16(20(36)47-12-26)29-18(40)15(32-45-10-14(38)39)17-30-22(27)49-33-17/h16,20H,4-13H2,1-3H3,(H,28,44)(H,29,40)(H,38,39)(H,42,43)(H2,27,30,33)/t16?,20-,26?/m1/s1. The van der Waals surface area contributed by atoms with E-state index in [0.29, 0.717) is 18.2 Å². The molecule has 6 N–H and O–H groups in total. The fraction of sp³-hybridized carbons (Fsp3) is 0.654. The number of hydrogen-bond acceptors (Lipinski definition) is 17. The van der Waals surface area contributed by atoms with Gasteiger partial charge in [0.1, 0.15) is 22.4 Å². The highest BCUT2D eigenvalue weighted by molar-refractivity contribution is 8.00. The van der Waals surface area contributed by atoms with Gasteiger partial charge in [-0.3, -0.25) is 14.4 Å². The maximum atomic E-state index is 13.1. The van der Waals surface area contributed by atoms with E-state index in [1.165, 1.54) is 28.4 Å². The van der Waals surface area contributed by atoms with Crippen molar-refractivity contribution in [2.45, 2.75) is 75.2 Å². The number of anilines is 1. The number of nitrogens with zero attached hydrogens (tertiary/aromatic N) is 8. The van der Waals surface area contributed by atoms with Gasteiger partial charge in [-0.1, -0.05) is 29.8 Å². The number of carbonyl (C=O) groups is 5. The highest BCUT2D eigenvalue weighted by atomic mass is 32.2. The number of unbranched alkanes of at least 4 members (excludes halogenated alkanes) is 3. The van der Waals surface area contributed by atoms with Crippen molar-refractivity contribution in [1.29, 1.82) is 0 Å². The summed E-state index contributed by atoms with van der Waals surface area (Å²) in [7, 11) is 0. The van der Waals surface area contributed by atoms with Gasteiger partial charge < -0.3 is 41.1 Å². The first-order valence-corrected chi connectivity index (χ1v) is 17.8. The summed E-state index contributed by atoms with van der Waals surface area (Å²) >= 11 is 3.18. The number of nitrogen functional groups attached to an aromatic ring is 1. The summed E-state index contributed by atoms with van der Waals surface area (Å²) in [6.07, 6.45) is 2.84. The Morgan fingerprint density at radius 3 is 2.61 bits per heavy atom. The molecule has 268 valence electrons. The summed E-state index contributed by atoms with van der Waals surface area (Å²) in [5.41, 5.74) is 3.27. The average Bonchev–Trinajstić information content (AvgIpc) is 3.67. The number of amides is 3. The van der Waals surface area contributed by atoms with Crippen molar-refractivity contribution in [2.75, 3.05) is 36.9 Å². The molecular formula is C26H37N11O9S3. The molecule has 4 heterocycles. The molecule has 0 saturated carbocycles. The quantitative estimate of drug-likeness (QED) is 0.0478. The van der Waals surface area contributed by atoms with Crippen LogP contribution in [0.5, 0.6) is 0 Å². The number of carboxylic acid groups (broad SMARTS) is 2. The number of carbonyl (C=O) groups excluding carboxylic acids is 3. The Hall–Kier alpha value is -4.25. The third kappa shape index (κ3) is 10.1. The van der Waals surface area contributed by atoms with E-state index in [1.54, 1.807) is 25.5 Å². The van der Waals surface area contributed by atoms with Crippen molar-refractivity contribution < 1.29 is 43.8 Å². The molecule has 0 spiro atoms. The number of tetrazole rings is 1. The highest BCUT2D eigenvalue weighted by Crippen LogP contribution is 2.44. The lowest BCUT2D eigenvalue weighted by Gasteiger charge is -2.53. The number of rotatable bonds is 17. The number of oxime groups is 1. The minimum absolute atomic E-state index is 0.0286. The summed E-state index contributed by atoms with van der Waals surface area (Å²) in [6.45, 7) is 5.51. The maximum Gasteiger partial charge on any atom is 0.407 e. The van der Waals surface area contributed by atoms with Crippen LogP contribution < -0.4 is 16.4 Å². The van der Waals surface area contributed by atoms with E-state index in [4.69, 9.17) is 20.4 Å². The van der Waals surface area contributed by atoms with Crippen molar-refractivity contribution >= 4 is 75.7 Å². The van der Waals surface area contributed by atoms with Gasteiger partial charge in [-0.15, -0.1) is 16.9 Å². The fourth-order valence-corrected chi connectivity index (χ4v) is 7.87. The number of hydrogen-bond donors (Lipinski definition) is 5. The minimum Gasteiger partial charge on any atom is -0.481 e. The summed E-state index contributed by atoms with van der Waals surface area (Å²) in [6, 6.07) is -1.00. The van der Waals surface area contributed by atoms with Crippen molar-refractivity contribution in [3.63, 3.8) is 0 Å². The van der Waals surface area contributed by atoms with Crippen LogP contribution in [-0.4, -0.2) is 128 Å². The third-order valence-corrected chi connectivity index (χ3v) is 10.4. The van der Waals surface area contributed by atoms with Gasteiger partial charge >= 0.3 is 18.0 Å². The highest BCUT2D eigenvalue weighted by Gasteiger charge is 2.57. The second kappa shape index (κ2) is 16.4. The van der Waals surface area contributed by atoms with Crippen LogP contribution in [0.1, 0.15) is 52.3 Å². The second-order valence-corrected chi connectivity index (χ2v) is 14.9. The van der Waals surface area contributed by atoms with Crippen LogP contribution in [0, 0.1) is 5.41 Å². The summed E-state index contributed by atoms with van der Waals surface area (Å²) in [5.74, 6) is -3.77. The predicted octanol–water partition coefficient (Wildman–Crippen LogP) is 0.260. The fourth-order valence-electron chi connectivity index (χ4n) is 4.67. The van der Waals surface area contributed by atoms with Crippen LogP contribution in [0.25, 0.3) is 0 Å². The van der Waals surface area contributed by atoms with Crippen molar-refractivity contribution in [3.05, 3.63) is 5.82 Å². The summed E-state index contributed by atoms with van der Waals surface area (Å²) in [4.78, 5) is 71.3. The Morgan fingerprint density at radius 2 is 1.94 bits per heavy atom. The Balaban J connectivity index is 1.26. The minimum atomic E-state index is -1.33. The molecule has 2 unspecified atom stereocenters. The largest absolute Gasteiger partial charge is 0.481 e. The van der Waals surface area contributed by atoms with Crippen molar-refractivity contribution in [1.82, 2.24) is 45.1 Å². The van der Waals surface area contributed by atoms with Gasteiger partial charge in [0.05, 0.1) is 0 Å². The second-order valence-electron chi connectivity index (χ2n) is 12.1. The number of ether oxygens (including phenoxy) is 1. The van der Waals surface area contributed by atoms with Gasteiger partial charge in [0.2, 0.25) is 29.2 Å². The van der Waals surface area contributed by atoms with Crippen LogP contribution >= 0.6 is 35.1 Å². The van der Waals surface area contributed by atoms with E-state index >= 15 is 0 Å². The van der Waals surface area contributed by atoms with E-state index < -0.39 is 64.6 Å². The molecule has 4 rings (SSSR count). The number of fused-ring (bicyclic) bond motifs is 1. The van der Waals surface area contributed by atoms with Crippen molar-refractivity contribution in [3.8, 4) is 0 Å². The number of aryl methyl sites for hydroxylation is 1. The van der Waals surface area contributed by atoms with Gasteiger partial charge in [0.15, 0.2) is 5.13 Å². The van der Waals surface area contributed by atoms with Gasteiger partial charge in [-0.25, -0.2) is 14.3 Å². The van der Waals surface area contributed by atoms with E-state index in [2.05, 4.69) is 40.7 Å². The molecule has 2 aromatic heterocycles. The normalized spacial score (nSPS) is 20.6. The zero-order valence-electron chi connectivity index (χ0n) is 26.9. The molecule has 2 aliphatic rings. The average molecular weight is 744 g/mol. The van der Waals surface area contributed by atoms with Crippen LogP contribution in [0.4, 0.5) is 9.93 Å². The number of thioether (sulfide) groups is 2. The number of carboxylic acids is 2. The van der Waals surface area contributed by atoms with E-state index in [-0.39, 0.29) is 29.0 Å². The van der Waals surface area contributed by atoms with Crippen LogP contribution in [0.2, 0.25) is 0 Å². The zero-order chi connectivity index (χ0) is 35.8. The Labute approximate surface area is 292 Å². The Bertz CT molecular complexity index is 1560. The van der Waals surface area contributed by atoms with Crippen LogP contribution in [0.15, 0.2) is 10.3 Å². The summed E-state index contributed by atoms with van der Waals surface area (Å²) in [5, 5.41) is 39.6. The predicted molar refractivity (Wildman–Crippen MR) is 176 cm³/mol. The molecule has 2 fully saturated rings. The van der Waals surface area contributed by atoms with E-state index in [1.807, 2.05) is 0 Å². The third-order valence-electron chi connectivity index (χ3n) is 7.04. The Morgan fingerprint density at radius 1 is 1.18 bits per heavy atom. The first-order valence-electron chi connectivity index (χ1n) is 15.0. The first-order chi connectivity index (χ1) is 23.2. The lowest BCUT2D eigenvalue weighted by atomic mass is 9.89. The molecule has 2 saturated heterocycles.